The van der Waals surface area contributed by atoms with Crippen molar-refractivity contribution >= 4 is 29.1 Å². The van der Waals surface area contributed by atoms with Gasteiger partial charge >= 0.3 is 0 Å². The maximum absolute atomic E-state index is 12.7. The molecule has 6 nitrogen and oxygen atoms in total. The summed E-state index contributed by atoms with van der Waals surface area (Å²) in [5, 5.41) is 9.88. The minimum absolute atomic E-state index is 0.129. The standard InChI is InChI=1S/C17H14Cl2N4O2/c18-11-3-4-14(19)13(8-11)17(24)23-7-1-2-12(10-23)25-16-15(9-20)21-5-6-22-16/h3-6,8,12H,1-2,7,10H2. The Bertz CT molecular complexity index is 838. The Kier molecular flexibility index (Phi) is 5.37. The number of carbonyl (C=O) groups excluding carboxylic acids is 1. The molecule has 3 rings (SSSR count). The molecular weight excluding hydrogens is 363 g/mol. The van der Waals surface area contributed by atoms with E-state index in [1.165, 1.54) is 12.4 Å². The minimum Gasteiger partial charge on any atom is -0.470 e. The van der Waals surface area contributed by atoms with Crippen LogP contribution in [0.25, 0.3) is 0 Å². The molecule has 1 aliphatic heterocycles. The van der Waals surface area contributed by atoms with Crippen molar-refractivity contribution in [2.45, 2.75) is 18.9 Å². The first-order valence-electron chi connectivity index (χ1n) is 7.70. The van der Waals surface area contributed by atoms with Gasteiger partial charge in [0.05, 0.1) is 17.1 Å². The monoisotopic (exact) mass is 376 g/mol. The van der Waals surface area contributed by atoms with Crippen LogP contribution in [0.4, 0.5) is 0 Å². The van der Waals surface area contributed by atoms with Gasteiger partial charge in [0.25, 0.3) is 11.8 Å². The highest BCUT2D eigenvalue weighted by molar-refractivity contribution is 6.35. The minimum atomic E-state index is -0.264. The van der Waals surface area contributed by atoms with E-state index in [1.54, 1.807) is 23.1 Å². The van der Waals surface area contributed by atoms with Crippen molar-refractivity contribution in [2.75, 3.05) is 13.1 Å². The summed E-state index contributed by atoms with van der Waals surface area (Å²) >= 11 is 12.1. The first-order chi connectivity index (χ1) is 12.1. The highest BCUT2D eigenvalue weighted by Crippen LogP contribution is 2.25. The van der Waals surface area contributed by atoms with Gasteiger partial charge in [0.15, 0.2) is 0 Å². The molecule has 1 atom stereocenters. The van der Waals surface area contributed by atoms with E-state index in [4.69, 9.17) is 33.2 Å². The lowest BCUT2D eigenvalue weighted by Gasteiger charge is -2.32. The number of benzene rings is 1. The second-order valence-electron chi connectivity index (χ2n) is 5.58. The molecule has 0 spiro atoms. The lowest BCUT2D eigenvalue weighted by Crippen LogP contribution is -2.44. The Morgan fingerprint density at radius 2 is 2.12 bits per heavy atom. The molecule has 2 heterocycles. The van der Waals surface area contributed by atoms with Gasteiger partial charge in [-0.25, -0.2) is 9.97 Å². The lowest BCUT2D eigenvalue weighted by molar-refractivity contribution is 0.0526. The van der Waals surface area contributed by atoms with Crippen LogP contribution < -0.4 is 4.74 Å². The van der Waals surface area contributed by atoms with Gasteiger partial charge in [-0.05, 0) is 31.0 Å². The van der Waals surface area contributed by atoms with Crippen LogP contribution >= 0.6 is 23.2 Å². The number of amides is 1. The number of carbonyl (C=O) groups is 1. The molecule has 0 N–H and O–H groups in total. The lowest BCUT2D eigenvalue weighted by atomic mass is 10.1. The van der Waals surface area contributed by atoms with Gasteiger partial charge in [-0.2, -0.15) is 5.26 Å². The molecule has 1 unspecified atom stereocenters. The van der Waals surface area contributed by atoms with Crippen molar-refractivity contribution in [1.29, 1.82) is 5.26 Å². The van der Waals surface area contributed by atoms with E-state index in [0.29, 0.717) is 28.7 Å². The van der Waals surface area contributed by atoms with Gasteiger partial charge in [-0.3, -0.25) is 4.79 Å². The van der Waals surface area contributed by atoms with Crippen LogP contribution in [-0.2, 0) is 0 Å². The molecule has 1 fully saturated rings. The zero-order valence-electron chi connectivity index (χ0n) is 13.2. The highest BCUT2D eigenvalue weighted by atomic mass is 35.5. The number of piperidine rings is 1. The third-order valence-corrected chi connectivity index (χ3v) is 4.44. The largest absolute Gasteiger partial charge is 0.470 e. The Labute approximate surface area is 155 Å². The van der Waals surface area contributed by atoms with Crippen molar-refractivity contribution in [3.05, 3.63) is 51.9 Å². The molecule has 25 heavy (non-hydrogen) atoms. The zero-order valence-corrected chi connectivity index (χ0v) is 14.7. The summed E-state index contributed by atoms with van der Waals surface area (Å²) in [5.74, 6) is -0.00876. The van der Waals surface area contributed by atoms with Crippen molar-refractivity contribution < 1.29 is 9.53 Å². The van der Waals surface area contributed by atoms with E-state index in [1.807, 2.05) is 6.07 Å². The van der Waals surface area contributed by atoms with Gasteiger partial charge < -0.3 is 9.64 Å². The Hall–Kier alpha value is -2.36. The fourth-order valence-electron chi connectivity index (χ4n) is 2.70. The number of hydrogen-bond acceptors (Lipinski definition) is 5. The summed E-state index contributed by atoms with van der Waals surface area (Å²) in [6.45, 7) is 0.982. The second-order valence-corrected chi connectivity index (χ2v) is 6.42. The molecule has 1 amide bonds. The summed E-state index contributed by atoms with van der Waals surface area (Å²) in [6.07, 6.45) is 4.17. The quantitative estimate of drug-likeness (QED) is 0.820. The van der Waals surface area contributed by atoms with Crippen molar-refractivity contribution in [1.82, 2.24) is 14.9 Å². The van der Waals surface area contributed by atoms with E-state index in [0.717, 1.165) is 12.8 Å². The number of rotatable bonds is 3. The smallest absolute Gasteiger partial charge is 0.255 e. The molecule has 0 saturated carbocycles. The van der Waals surface area contributed by atoms with Crippen molar-refractivity contribution in [2.24, 2.45) is 0 Å². The molecule has 1 aliphatic rings. The summed E-state index contributed by atoms with van der Waals surface area (Å²) in [6, 6.07) is 6.75. The van der Waals surface area contributed by atoms with Crippen molar-refractivity contribution in [3.63, 3.8) is 0 Å². The van der Waals surface area contributed by atoms with Gasteiger partial charge in [-0.15, -0.1) is 0 Å². The van der Waals surface area contributed by atoms with Crippen LogP contribution in [0.5, 0.6) is 5.88 Å². The first-order valence-corrected chi connectivity index (χ1v) is 8.46. The van der Waals surface area contributed by atoms with Crippen LogP contribution in [-0.4, -0.2) is 40.0 Å². The van der Waals surface area contributed by atoms with E-state index in [9.17, 15) is 4.79 Å². The van der Waals surface area contributed by atoms with Crippen LogP contribution in [0.3, 0.4) is 0 Å². The van der Waals surface area contributed by atoms with E-state index >= 15 is 0 Å². The number of aromatic nitrogens is 2. The van der Waals surface area contributed by atoms with Crippen LogP contribution in [0.1, 0.15) is 28.9 Å². The fourth-order valence-corrected chi connectivity index (χ4v) is 3.07. The predicted molar refractivity (Wildman–Crippen MR) is 92.8 cm³/mol. The van der Waals surface area contributed by atoms with Gasteiger partial charge in [0, 0.05) is 24.0 Å². The van der Waals surface area contributed by atoms with E-state index < -0.39 is 0 Å². The molecular formula is C17H14Cl2N4O2. The maximum Gasteiger partial charge on any atom is 0.255 e. The number of likely N-dealkylation sites (tertiary alicyclic amines) is 1. The van der Waals surface area contributed by atoms with Gasteiger partial charge in [-0.1, -0.05) is 23.2 Å². The molecule has 128 valence electrons. The third-order valence-electron chi connectivity index (χ3n) is 3.87. The number of nitrogens with zero attached hydrogens (tertiary/aromatic N) is 4. The zero-order chi connectivity index (χ0) is 17.8. The molecule has 0 aliphatic carbocycles. The molecule has 0 bridgehead atoms. The van der Waals surface area contributed by atoms with Crippen LogP contribution in [0.2, 0.25) is 10.0 Å². The van der Waals surface area contributed by atoms with Crippen molar-refractivity contribution in [3.8, 4) is 11.9 Å². The highest BCUT2D eigenvalue weighted by Gasteiger charge is 2.27. The summed E-state index contributed by atoms with van der Waals surface area (Å²) in [5.41, 5.74) is 0.496. The molecule has 1 saturated heterocycles. The third kappa shape index (κ3) is 4.01. The topological polar surface area (TPSA) is 79.1 Å². The summed E-state index contributed by atoms with van der Waals surface area (Å²) in [7, 11) is 0. The van der Waals surface area contributed by atoms with E-state index in [2.05, 4.69) is 9.97 Å². The average molecular weight is 377 g/mol. The Morgan fingerprint density at radius 1 is 1.32 bits per heavy atom. The number of hydrogen-bond donors (Lipinski definition) is 0. The second kappa shape index (κ2) is 7.68. The Balaban J connectivity index is 1.74. The molecule has 8 heteroatoms. The molecule has 1 aromatic heterocycles. The normalized spacial score (nSPS) is 17.0. The van der Waals surface area contributed by atoms with E-state index in [-0.39, 0.29) is 23.6 Å². The van der Waals surface area contributed by atoms with Crippen LogP contribution in [0.15, 0.2) is 30.6 Å². The summed E-state index contributed by atoms with van der Waals surface area (Å²) in [4.78, 5) is 22.4. The SMILES string of the molecule is N#Cc1nccnc1OC1CCCN(C(=O)c2cc(Cl)ccc2Cl)C1. The maximum atomic E-state index is 12.7. The average Bonchev–Trinajstić information content (AvgIpc) is 2.64. The molecule has 1 aromatic carbocycles. The fraction of sp³-hybridized carbons (Fsp3) is 0.294. The predicted octanol–water partition coefficient (Wildman–Crippen LogP) is 3.34. The van der Waals surface area contributed by atoms with Gasteiger partial charge in [0.2, 0.25) is 5.69 Å². The summed E-state index contributed by atoms with van der Waals surface area (Å²) < 4.78 is 5.80. The first kappa shape index (κ1) is 17.5. The number of nitriles is 1. The van der Waals surface area contributed by atoms with Gasteiger partial charge in [0.1, 0.15) is 12.2 Å². The Morgan fingerprint density at radius 3 is 2.92 bits per heavy atom. The van der Waals surface area contributed by atoms with Crippen LogP contribution in [0, 0.1) is 11.3 Å². The molecule has 0 radical (unpaired) electrons. The molecule has 2 aromatic rings. The number of halogens is 2. The number of ether oxygens (including phenoxy) is 1.